The number of β-lactam (4-membered cyclic amide) rings is 1. The van der Waals surface area contributed by atoms with Crippen LogP contribution >= 0.6 is 34.7 Å². The number of nitrogens with one attached hydrogen (secondary N) is 2. The van der Waals surface area contributed by atoms with Crippen LogP contribution in [0.25, 0.3) is 0 Å². The van der Waals surface area contributed by atoms with Crippen LogP contribution in [0.15, 0.2) is 76.2 Å². The highest BCUT2D eigenvalue weighted by atomic mass is 35.5. The van der Waals surface area contributed by atoms with E-state index in [0.717, 1.165) is 47.5 Å². The van der Waals surface area contributed by atoms with Gasteiger partial charge in [-0.05, 0) is 67.5 Å². The molecule has 0 spiro atoms. The van der Waals surface area contributed by atoms with Gasteiger partial charge >= 0.3 is 0 Å². The van der Waals surface area contributed by atoms with Crippen LogP contribution in [0.5, 0.6) is 5.75 Å². The smallest absolute Gasteiger partial charge is 0.290 e. The molecule has 2 aromatic heterocycles. The van der Waals surface area contributed by atoms with E-state index in [-0.39, 0.29) is 75.3 Å². The summed E-state index contributed by atoms with van der Waals surface area (Å²) < 4.78 is 1.67. The third kappa shape index (κ3) is 8.30. The normalized spacial score (nSPS) is 20.8. The van der Waals surface area contributed by atoms with Crippen molar-refractivity contribution in [3.05, 3.63) is 87.3 Å². The van der Waals surface area contributed by atoms with Crippen molar-refractivity contribution in [2.75, 3.05) is 23.3 Å². The summed E-state index contributed by atoms with van der Waals surface area (Å²) in [5.74, 6) is -3.42. The molecule has 0 radical (unpaired) electrons. The number of rotatable bonds is 12. The largest absolute Gasteiger partial charge is 0.543 e. The molecule has 286 valence electrons. The molecule has 1 aliphatic carbocycles. The number of carboxylic acids is 1. The number of carbonyl (C=O) groups excluding carboxylic acids is 5. The molecule has 0 bridgehead atoms. The number of likely N-dealkylation sites (tertiary alicyclic amines) is 1. The maximum absolute atomic E-state index is 13.4. The molecule has 5 N–H and O–H groups in total. The van der Waals surface area contributed by atoms with Crippen molar-refractivity contribution in [3.63, 3.8) is 0 Å². The van der Waals surface area contributed by atoms with Gasteiger partial charge in [0.2, 0.25) is 12.5 Å². The van der Waals surface area contributed by atoms with Crippen molar-refractivity contribution in [3.8, 4) is 5.75 Å². The molecule has 3 aromatic rings. The second-order valence-electron chi connectivity index (χ2n) is 13.3. The number of thiazole rings is 1. The SMILES string of the molecule is Nc1nc(/C(=N/OC2CCCC2)C(=O)N[C@@H]2C(=O)N3C(C(=O)[O-])=C(/C=C4\CCN(Cc5cc[n+](CC(=O)Nc6ccc(O)c(Cl)c6)cc5)C4=O)CS[C@H]23)cs1. The van der Waals surface area contributed by atoms with Gasteiger partial charge in [-0.3, -0.25) is 24.1 Å². The van der Waals surface area contributed by atoms with Crippen molar-refractivity contribution in [1.29, 1.82) is 0 Å². The van der Waals surface area contributed by atoms with Gasteiger partial charge in [-0.25, -0.2) is 4.98 Å². The van der Waals surface area contributed by atoms with Crippen LogP contribution in [0.3, 0.4) is 0 Å². The second-order valence-corrected chi connectivity index (χ2v) is 15.7. The standard InChI is InChI=1S/C36H35ClN8O8S2/c37-24-14-22(5-6-26(24)46)39-27(47)16-43-10-7-19(8-11-43)15-44-12-9-20(32(44)49)13-21-17-54-34-29(33(50)45(34)30(21)35(51)52)41-31(48)28(25-18-55-36(38)40-25)42-53-23-3-1-2-4-23/h5-8,10-11,13-14,18,23,29,34H,1-4,9,12,15-17H2,(H5-,38,39,40,41,42,46,47,48,51,52)/b20-13+/t29-,34-/m1/s1. The molecular formula is C36H35ClN8O8S2. The molecule has 4 amide bonds. The number of allylic oxidation sites excluding steroid dienone is 1. The number of aromatic hydroxyl groups is 1. The van der Waals surface area contributed by atoms with Gasteiger partial charge in [-0.1, -0.05) is 16.8 Å². The lowest BCUT2D eigenvalue weighted by molar-refractivity contribution is -0.684. The van der Waals surface area contributed by atoms with Crippen LogP contribution < -0.4 is 26.0 Å². The van der Waals surface area contributed by atoms with Crippen molar-refractivity contribution in [2.45, 2.75) is 62.7 Å². The van der Waals surface area contributed by atoms with E-state index < -0.39 is 29.2 Å². The van der Waals surface area contributed by atoms with E-state index in [1.54, 1.807) is 39.4 Å². The fourth-order valence-electron chi connectivity index (χ4n) is 6.71. The first-order valence-corrected chi connectivity index (χ1v) is 19.7. The molecule has 5 heterocycles. The highest BCUT2D eigenvalue weighted by Gasteiger charge is 2.53. The number of aliphatic carboxylic acids is 1. The number of oxime groups is 1. The number of nitrogen functional groups attached to an aromatic ring is 1. The number of carboxylic acid groups (broad SMARTS) is 1. The Labute approximate surface area is 327 Å². The first-order chi connectivity index (χ1) is 26.4. The van der Waals surface area contributed by atoms with Crippen molar-refractivity contribution < 1.29 is 43.6 Å². The molecule has 0 unspecified atom stereocenters. The van der Waals surface area contributed by atoms with E-state index in [9.17, 15) is 34.2 Å². The lowest BCUT2D eigenvalue weighted by Crippen LogP contribution is -2.71. The van der Waals surface area contributed by atoms with E-state index in [0.29, 0.717) is 24.2 Å². The van der Waals surface area contributed by atoms with Gasteiger partial charge in [0, 0.05) is 47.6 Å². The van der Waals surface area contributed by atoms with Crippen LogP contribution in [0, 0.1) is 0 Å². The van der Waals surface area contributed by atoms with Gasteiger partial charge in [0.15, 0.2) is 23.2 Å². The summed E-state index contributed by atoms with van der Waals surface area (Å²) in [5.41, 5.74) is 7.45. The van der Waals surface area contributed by atoms with Gasteiger partial charge in [0.25, 0.3) is 17.7 Å². The van der Waals surface area contributed by atoms with Gasteiger partial charge in [-0.15, -0.1) is 23.1 Å². The molecular weight excluding hydrogens is 772 g/mol. The second kappa shape index (κ2) is 16.1. The number of anilines is 2. The highest BCUT2D eigenvalue weighted by Crippen LogP contribution is 2.41. The number of fused-ring (bicyclic) bond motifs is 1. The summed E-state index contributed by atoms with van der Waals surface area (Å²) in [6.07, 6.45) is 8.80. The minimum Gasteiger partial charge on any atom is -0.543 e. The molecule has 16 nitrogen and oxygen atoms in total. The quantitative estimate of drug-likeness (QED) is 0.0512. The van der Waals surface area contributed by atoms with Crippen molar-refractivity contribution in [1.82, 2.24) is 20.1 Å². The van der Waals surface area contributed by atoms with Crippen LogP contribution in [0.1, 0.15) is 43.4 Å². The maximum atomic E-state index is 13.4. The Morgan fingerprint density at radius 1 is 1.18 bits per heavy atom. The highest BCUT2D eigenvalue weighted by molar-refractivity contribution is 8.00. The zero-order valence-electron chi connectivity index (χ0n) is 29.1. The average Bonchev–Trinajstić information content (AvgIpc) is 3.92. The Hall–Kier alpha value is -5.46. The number of nitrogens with zero attached hydrogens (tertiary/aromatic N) is 5. The third-order valence-corrected chi connectivity index (χ3v) is 11.8. The average molecular weight is 807 g/mol. The van der Waals surface area contributed by atoms with Crippen LogP contribution in [-0.4, -0.2) is 85.0 Å². The van der Waals surface area contributed by atoms with E-state index in [2.05, 4.69) is 20.8 Å². The molecule has 1 aromatic carbocycles. The number of halogens is 1. The fourth-order valence-corrected chi connectivity index (χ4v) is 8.74. The summed E-state index contributed by atoms with van der Waals surface area (Å²) in [5, 5.41) is 32.7. The van der Waals surface area contributed by atoms with Gasteiger partial charge in [0.1, 0.15) is 29.0 Å². The van der Waals surface area contributed by atoms with Gasteiger partial charge < -0.3 is 41.1 Å². The Bertz CT molecular complexity index is 2150. The summed E-state index contributed by atoms with van der Waals surface area (Å²) in [6, 6.07) is 6.91. The molecule has 4 aliphatic rings. The molecule has 3 aliphatic heterocycles. The number of pyridine rings is 1. The molecule has 2 saturated heterocycles. The zero-order chi connectivity index (χ0) is 38.8. The Balaban J connectivity index is 0.977. The number of phenols is 1. The number of benzene rings is 1. The molecule has 2 atom stereocenters. The molecule has 19 heteroatoms. The van der Waals surface area contributed by atoms with Crippen molar-refractivity contribution in [2.24, 2.45) is 5.16 Å². The molecule has 3 fully saturated rings. The van der Waals surface area contributed by atoms with Gasteiger partial charge in [0.05, 0.1) is 16.7 Å². The minimum absolute atomic E-state index is 0.0163. The number of hydrogen-bond acceptors (Lipinski definition) is 13. The summed E-state index contributed by atoms with van der Waals surface area (Å²) in [4.78, 5) is 77.7. The summed E-state index contributed by atoms with van der Waals surface area (Å²) in [6.45, 7) is 0.702. The van der Waals surface area contributed by atoms with E-state index >= 15 is 0 Å². The maximum Gasteiger partial charge on any atom is 0.290 e. The van der Waals surface area contributed by atoms with Crippen molar-refractivity contribution >= 4 is 80.8 Å². The molecule has 1 saturated carbocycles. The predicted octanol–water partition coefficient (Wildman–Crippen LogP) is 1.44. The Kier molecular flexibility index (Phi) is 11.1. The third-order valence-electron chi connectivity index (χ3n) is 9.51. The van der Waals surface area contributed by atoms with E-state index in [1.165, 1.54) is 36.0 Å². The summed E-state index contributed by atoms with van der Waals surface area (Å²) in [7, 11) is 0. The van der Waals surface area contributed by atoms with Crippen LogP contribution in [0.4, 0.5) is 10.8 Å². The van der Waals surface area contributed by atoms with E-state index in [4.69, 9.17) is 22.2 Å². The first kappa shape index (κ1) is 37.8. The van der Waals surface area contributed by atoms with E-state index in [1.807, 2.05) is 0 Å². The summed E-state index contributed by atoms with van der Waals surface area (Å²) >= 11 is 8.29. The topological polar surface area (TPSA) is 224 Å². The lowest BCUT2D eigenvalue weighted by atomic mass is 10.0. The zero-order valence-corrected chi connectivity index (χ0v) is 31.5. The number of nitrogens with two attached hydrogens (primary N) is 1. The number of hydrogen-bond donors (Lipinski definition) is 4. The number of aromatic nitrogens is 2. The number of phenolic OH excluding ortho intramolecular Hbond substituents is 1. The van der Waals surface area contributed by atoms with Crippen LogP contribution in [0.2, 0.25) is 5.02 Å². The number of thioether (sulfide) groups is 1. The lowest BCUT2D eigenvalue weighted by Gasteiger charge is -2.50. The molecule has 7 rings (SSSR count). The van der Waals surface area contributed by atoms with Crippen LogP contribution in [-0.2, 0) is 41.9 Å². The Morgan fingerprint density at radius 2 is 1.95 bits per heavy atom. The Morgan fingerprint density at radius 3 is 2.64 bits per heavy atom. The number of carbonyl (C=O) groups is 5. The first-order valence-electron chi connectivity index (χ1n) is 17.4. The number of amides is 4. The van der Waals surface area contributed by atoms with Gasteiger partial charge in [-0.2, -0.15) is 4.57 Å². The predicted molar refractivity (Wildman–Crippen MR) is 200 cm³/mol. The molecule has 55 heavy (non-hydrogen) atoms. The minimum atomic E-state index is -1.57. The monoisotopic (exact) mass is 806 g/mol. The fraction of sp³-hybridized carbons (Fsp3) is 0.333.